The third-order valence-corrected chi connectivity index (χ3v) is 2.01. The topological polar surface area (TPSA) is 110 Å². The summed E-state index contributed by atoms with van der Waals surface area (Å²) in [5.41, 5.74) is -0.131. The number of aromatic carboxylic acids is 1. The number of carbonyl (C=O) groups is 2. The fraction of sp³-hybridized carbons (Fsp3) is 0.100. The fourth-order valence-corrected chi connectivity index (χ4v) is 1.27. The molecule has 0 bridgehead atoms. The molecule has 8 nitrogen and oxygen atoms in total. The second kappa shape index (κ2) is 5.04. The summed E-state index contributed by atoms with van der Waals surface area (Å²) in [7, 11) is 0. The maximum Gasteiger partial charge on any atom is 0.354 e. The van der Waals surface area contributed by atoms with Crippen LogP contribution in [0.1, 0.15) is 10.5 Å². The van der Waals surface area contributed by atoms with Gasteiger partial charge in [-0.3, -0.25) is 4.79 Å². The predicted molar refractivity (Wildman–Crippen MR) is 59.8 cm³/mol. The minimum absolute atomic E-state index is 0.0149. The zero-order chi connectivity index (χ0) is 13.0. The Hall–Kier alpha value is -2.77. The maximum atomic E-state index is 11.6. The minimum atomic E-state index is -1.15. The van der Waals surface area contributed by atoms with Crippen LogP contribution in [0.3, 0.4) is 0 Å². The lowest BCUT2D eigenvalue weighted by atomic mass is 10.3. The number of nitrogens with zero attached hydrogens (tertiary/aromatic N) is 4. The number of amides is 1. The lowest BCUT2D eigenvalue weighted by Crippen LogP contribution is -2.20. The molecule has 0 radical (unpaired) electrons. The first-order chi connectivity index (χ1) is 8.65. The highest BCUT2D eigenvalue weighted by atomic mass is 16.4. The van der Waals surface area contributed by atoms with Gasteiger partial charge in [-0.2, -0.15) is 0 Å². The van der Waals surface area contributed by atoms with E-state index >= 15 is 0 Å². The summed E-state index contributed by atoms with van der Waals surface area (Å²) < 4.78 is 1.34. The largest absolute Gasteiger partial charge is 0.477 e. The molecular formula is C10H9N5O3. The molecule has 0 atom stereocenters. The first kappa shape index (κ1) is 11.7. The van der Waals surface area contributed by atoms with Crippen LogP contribution in [0, 0.1) is 0 Å². The van der Waals surface area contributed by atoms with Crippen molar-refractivity contribution in [3.05, 3.63) is 36.3 Å². The monoisotopic (exact) mass is 247 g/mol. The molecule has 0 unspecified atom stereocenters. The number of carbonyl (C=O) groups excluding carboxylic acids is 1. The summed E-state index contributed by atoms with van der Waals surface area (Å²) in [5.74, 6) is -1.34. The summed E-state index contributed by atoms with van der Waals surface area (Å²) in [6.07, 6.45) is 3.00. The van der Waals surface area contributed by atoms with Crippen LogP contribution >= 0.6 is 0 Å². The number of carboxylic acid groups (broad SMARTS) is 1. The zero-order valence-corrected chi connectivity index (χ0v) is 9.15. The van der Waals surface area contributed by atoms with E-state index < -0.39 is 5.97 Å². The standard InChI is InChI=1S/C10H9N5O3/c16-9(6-15-5-4-11-14-15)13-8-3-1-2-7(12-8)10(17)18/h1-5H,6H2,(H,17,18)(H,12,13,16). The molecule has 0 fully saturated rings. The van der Waals surface area contributed by atoms with E-state index in [0.717, 1.165) is 0 Å². The smallest absolute Gasteiger partial charge is 0.354 e. The Morgan fingerprint density at radius 1 is 1.39 bits per heavy atom. The van der Waals surface area contributed by atoms with Gasteiger partial charge in [0.25, 0.3) is 0 Å². The summed E-state index contributed by atoms with van der Waals surface area (Å²) in [4.78, 5) is 26.0. The van der Waals surface area contributed by atoms with Gasteiger partial charge >= 0.3 is 5.97 Å². The Bertz CT molecular complexity index is 567. The highest BCUT2D eigenvalue weighted by Gasteiger charge is 2.08. The first-order valence-electron chi connectivity index (χ1n) is 4.99. The Kier molecular flexibility index (Phi) is 3.28. The summed E-state index contributed by atoms with van der Waals surface area (Å²) >= 11 is 0. The number of aromatic nitrogens is 4. The van der Waals surface area contributed by atoms with Crippen LogP contribution in [0.2, 0.25) is 0 Å². The summed E-state index contributed by atoms with van der Waals surface area (Å²) in [6, 6.07) is 4.35. The van der Waals surface area contributed by atoms with Gasteiger partial charge in [-0.15, -0.1) is 5.10 Å². The molecule has 1 amide bonds. The first-order valence-corrected chi connectivity index (χ1v) is 4.99. The number of carboxylic acids is 1. The number of anilines is 1. The molecule has 2 aromatic heterocycles. The van der Waals surface area contributed by atoms with E-state index in [1.54, 1.807) is 6.20 Å². The molecule has 0 aliphatic carbocycles. The molecule has 2 rings (SSSR count). The van der Waals surface area contributed by atoms with Crippen LogP contribution < -0.4 is 5.32 Å². The normalized spacial score (nSPS) is 10.0. The molecule has 8 heteroatoms. The van der Waals surface area contributed by atoms with Crippen molar-refractivity contribution in [2.75, 3.05) is 5.32 Å². The van der Waals surface area contributed by atoms with Crippen molar-refractivity contribution < 1.29 is 14.7 Å². The SMILES string of the molecule is O=C(Cn1ccnn1)Nc1cccc(C(=O)O)n1. The minimum Gasteiger partial charge on any atom is -0.477 e. The van der Waals surface area contributed by atoms with Gasteiger partial charge in [0.2, 0.25) is 5.91 Å². The second-order valence-corrected chi connectivity index (χ2v) is 3.36. The van der Waals surface area contributed by atoms with Crippen LogP contribution in [-0.4, -0.2) is 37.0 Å². The molecule has 0 saturated carbocycles. The summed E-state index contributed by atoms with van der Waals surface area (Å²) in [5, 5.41) is 18.4. The van der Waals surface area contributed by atoms with Gasteiger partial charge in [-0.25, -0.2) is 14.5 Å². The van der Waals surface area contributed by atoms with Crippen LogP contribution in [0.4, 0.5) is 5.82 Å². The number of nitrogens with one attached hydrogen (secondary N) is 1. The number of hydrogen-bond acceptors (Lipinski definition) is 5. The van der Waals surface area contributed by atoms with E-state index in [1.807, 2.05) is 0 Å². The molecule has 2 heterocycles. The van der Waals surface area contributed by atoms with Gasteiger partial charge in [0, 0.05) is 6.20 Å². The Morgan fingerprint density at radius 2 is 2.22 bits per heavy atom. The van der Waals surface area contributed by atoms with Crippen molar-refractivity contribution in [3.8, 4) is 0 Å². The molecule has 2 aromatic rings. The Labute approximate surface area is 101 Å². The molecule has 0 aliphatic heterocycles. The third kappa shape index (κ3) is 2.88. The average molecular weight is 247 g/mol. The lowest BCUT2D eigenvalue weighted by Gasteiger charge is -2.04. The highest BCUT2D eigenvalue weighted by Crippen LogP contribution is 2.04. The van der Waals surface area contributed by atoms with E-state index in [-0.39, 0.29) is 24.0 Å². The Balaban J connectivity index is 2.03. The number of hydrogen-bond donors (Lipinski definition) is 2. The highest BCUT2D eigenvalue weighted by molar-refractivity contribution is 5.91. The van der Waals surface area contributed by atoms with Crippen molar-refractivity contribution in [1.82, 2.24) is 20.0 Å². The molecule has 0 saturated heterocycles. The van der Waals surface area contributed by atoms with Crippen LogP contribution in [0.15, 0.2) is 30.6 Å². The molecule has 18 heavy (non-hydrogen) atoms. The van der Waals surface area contributed by atoms with Crippen LogP contribution in [0.25, 0.3) is 0 Å². The molecule has 0 aliphatic rings. The van der Waals surface area contributed by atoms with Crippen molar-refractivity contribution in [3.63, 3.8) is 0 Å². The van der Waals surface area contributed by atoms with Gasteiger partial charge < -0.3 is 10.4 Å². The van der Waals surface area contributed by atoms with Crippen LogP contribution in [-0.2, 0) is 11.3 Å². The second-order valence-electron chi connectivity index (χ2n) is 3.36. The van der Waals surface area contributed by atoms with Gasteiger partial charge in [-0.1, -0.05) is 11.3 Å². The number of rotatable bonds is 4. The van der Waals surface area contributed by atoms with E-state index in [4.69, 9.17) is 5.11 Å². The van der Waals surface area contributed by atoms with Gasteiger partial charge in [0.15, 0.2) is 5.69 Å². The molecule has 92 valence electrons. The lowest BCUT2D eigenvalue weighted by molar-refractivity contribution is -0.117. The fourth-order valence-electron chi connectivity index (χ4n) is 1.27. The maximum absolute atomic E-state index is 11.6. The van der Waals surface area contributed by atoms with Crippen LogP contribution in [0.5, 0.6) is 0 Å². The van der Waals surface area contributed by atoms with Crippen molar-refractivity contribution in [2.24, 2.45) is 0 Å². The summed E-state index contributed by atoms with van der Waals surface area (Å²) in [6.45, 7) is -0.0149. The zero-order valence-electron chi connectivity index (χ0n) is 9.15. The van der Waals surface area contributed by atoms with E-state index in [2.05, 4.69) is 20.6 Å². The Morgan fingerprint density at radius 3 is 2.89 bits per heavy atom. The quantitative estimate of drug-likeness (QED) is 0.787. The predicted octanol–water partition coefficient (Wildman–Crippen LogP) is 0.01000. The average Bonchev–Trinajstić information content (AvgIpc) is 2.82. The van der Waals surface area contributed by atoms with E-state index in [0.29, 0.717) is 0 Å². The number of pyridine rings is 1. The van der Waals surface area contributed by atoms with E-state index in [9.17, 15) is 9.59 Å². The third-order valence-electron chi connectivity index (χ3n) is 2.01. The molecule has 0 spiro atoms. The molecule has 2 N–H and O–H groups in total. The molecular weight excluding hydrogens is 238 g/mol. The van der Waals surface area contributed by atoms with Gasteiger partial charge in [0.1, 0.15) is 12.4 Å². The molecule has 0 aromatic carbocycles. The van der Waals surface area contributed by atoms with E-state index in [1.165, 1.54) is 29.1 Å². The van der Waals surface area contributed by atoms with Gasteiger partial charge in [0.05, 0.1) is 6.20 Å². The van der Waals surface area contributed by atoms with Gasteiger partial charge in [-0.05, 0) is 12.1 Å². The van der Waals surface area contributed by atoms with Crippen molar-refractivity contribution in [2.45, 2.75) is 6.54 Å². The van der Waals surface area contributed by atoms with Crippen molar-refractivity contribution in [1.29, 1.82) is 0 Å². The van der Waals surface area contributed by atoms with Crippen molar-refractivity contribution >= 4 is 17.7 Å².